The summed E-state index contributed by atoms with van der Waals surface area (Å²) in [6.07, 6.45) is -5.03. The molecule has 0 saturated heterocycles. The second-order valence-electron chi connectivity index (χ2n) is 8.68. The van der Waals surface area contributed by atoms with Gasteiger partial charge in [-0.25, -0.2) is 0 Å². The number of nitrogens with two attached hydrogens (primary N) is 2. The molecular weight excluding hydrogens is 557 g/mol. The fourth-order valence-corrected chi connectivity index (χ4v) is 5.69. The lowest BCUT2D eigenvalue weighted by molar-refractivity contribution is -0.166. The van der Waals surface area contributed by atoms with Gasteiger partial charge < -0.3 is 11.5 Å². The first-order chi connectivity index (χ1) is 18.0. The predicted octanol–water partition coefficient (Wildman–Crippen LogP) is 4.91. The van der Waals surface area contributed by atoms with Crippen LogP contribution in [-0.2, 0) is 25.7 Å². The van der Waals surface area contributed by atoms with Crippen LogP contribution in [0.2, 0.25) is 0 Å². The van der Waals surface area contributed by atoms with E-state index in [-0.39, 0.29) is 33.6 Å². The Labute approximate surface area is 222 Å². The van der Waals surface area contributed by atoms with Gasteiger partial charge in [-0.15, -0.1) is 0 Å². The summed E-state index contributed by atoms with van der Waals surface area (Å²) in [7, 11) is -9.66. The van der Waals surface area contributed by atoms with Crippen LogP contribution in [0.4, 0.5) is 24.5 Å². The number of rotatable bonds is 6. The summed E-state index contributed by atoms with van der Waals surface area (Å²) in [5, 5.41) is 0. The van der Waals surface area contributed by atoms with Gasteiger partial charge in [-0.2, -0.15) is 30.0 Å². The van der Waals surface area contributed by atoms with Gasteiger partial charge in [0, 0.05) is 16.9 Å². The highest BCUT2D eigenvalue weighted by Crippen LogP contribution is 2.52. The molecule has 0 bridgehead atoms. The molecule has 0 aromatic heterocycles. The molecule has 4 aromatic rings. The minimum atomic E-state index is -5.10. The Morgan fingerprint density at radius 3 is 1.41 bits per heavy atom. The summed E-state index contributed by atoms with van der Waals surface area (Å²) in [5.41, 5.74) is 7.69. The molecule has 0 amide bonds. The Kier molecular flexibility index (Phi) is 6.98. The molecule has 0 aliphatic rings. The molecule has 0 aliphatic heterocycles. The van der Waals surface area contributed by atoms with E-state index in [1.54, 1.807) is 0 Å². The van der Waals surface area contributed by atoms with Crippen molar-refractivity contribution in [2.45, 2.75) is 21.4 Å². The molecule has 0 radical (unpaired) electrons. The summed E-state index contributed by atoms with van der Waals surface area (Å²) >= 11 is 0. The lowest BCUT2D eigenvalue weighted by Crippen LogP contribution is -2.44. The Hall–Kier alpha value is -3.91. The van der Waals surface area contributed by atoms with Crippen LogP contribution in [0.15, 0.2) is 101 Å². The van der Waals surface area contributed by atoms with Crippen molar-refractivity contribution in [3.05, 3.63) is 108 Å². The van der Waals surface area contributed by atoms with Gasteiger partial charge in [0.25, 0.3) is 20.2 Å². The zero-order valence-electron chi connectivity index (χ0n) is 19.8. The number of anilines is 2. The summed E-state index contributed by atoms with van der Waals surface area (Å²) in [5.74, 6) is 0. The number of benzene rings is 4. The van der Waals surface area contributed by atoms with Crippen molar-refractivity contribution in [3.63, 3.8) is 0 Å². The smallest absolute Gasteiger partial charge is 0.399 e. The quantitative estimate of drug-likeness (QED) is 0.143. The molecule has 0 atom stereocenters. The van der Waals surface area contributed by atoms with E-state index in [1.807, 2.05) is 0 Å². The number of hydrogen-bond donors (Lipinski definition) is 4. The van der Waals surface area contributed by atoms with Crippen molar-refractivity contribution in [1.29, 1.82) is 0 Å². The number of hydrogen-bond acceptors (Lipinski definition) is 6. The van der Waals surface area contributed by atoms with Gasteiger partial charge in [0.15, 0.2) is 0 Å². The van der Waals surface area contributed by atoms with E-state index in [9.17, 15) is 25.9 Å². The van der Waals surface area contributed by atoms with E-state index >= 15 is 13.2 Å². The van der Waals surface area contributed by atoms with Crippen LogP contribution in [0.5, 0.6) is 0 Å². The maximum Gasteiger partial charge on any atom is 0.406 e. The molecular formula is C26H21F3N2O6S2. The molecule has 0 unspecified atom stereocenters. The molecule has 0 saturated carbocycles. The van der Waals surface area contributed by atoms with Gasteiger partial charge in [0.1, 0.15) is 10.3 Å². The van der Waals surface area contributed by atoms with Gasteiger partial charge in [0.05, 0.1) is 4.90 Å². The number of halogens is 3. The van der Waals surface area contributed by atoms with Crippen molar-refractivity contribution >= 4 is 31.6 Å². The van der Waals surface area contributed by atoms with E-state index in [2.05, 4.69) is 0 Å². The van der Waals surface area contributed by atoms with E-state index in [0.29, 0.717) is 0 Å². The average Bonchev–Trinajstić information content (AvgIpc) is 2.85. The second kappa shape index (κ2) is 9.68. The largest absolute Gasteiger partial charge is 0.406 e. The monoisotopic (exact) mass is 578 g/mol. The fraction of sp³-hybridized carbons (Fsp3) is 0.0769. The Morgan fingerprint density at radius 2 is 1.03 bits per heavy atom. The van der Waals surface area contributed by atoms with Crippen LogP contribution < -0.4 is 11.5 Å². The molecule has 0 fully saturated rings. The Morgan fingerprint density at radius 1 is 0.590 bits per heavy atom. The summed E-state index contributed by atoms with van der Waals surface area (Å²) in [6.45, 7) is 0. The molecule has 39 heavy (non-hydrogen) atoms. The first kappa shape index (κ1) is 28.1. The topological polar surface area (TPSA) is 161 Å². The van der Waals surface area contributed by atoms with Crippen LogP contribution in [0.3, 0.4) is 0 Å². The molecule has 6 N–H and O–H groups in total. The lowest BCUT2D eigenvalue weighted by atomic mass is 9.68. The fourth-order valence-electron chi connectivity index (χ4n) is 4.47. The molecule has 13 heteroatoms. The van der Waals surface area contributed by atoms with Crippen molar-refractivity contribution < 1.29 is 39.1 Å². The van der Waals surface area contributed by atoms with Crippen LogP contribution in [-0.4, -0.2) is 32.1 Å². The lowest BCUT2D eigenvalue weighted by Gasteiger charge is -2.38. The normalized spacial score (nSPS) is 12.8. The Balaban J connectivity index is 2.07. The maximum absolute atomic E-state index is 15.3. The van der Waals surface area contributed by atoms with Crippen molar-refractivity contribution in [3.8, 4) is 11.1 Å². The van der Waals surface area contributed by atoms with Gasteiger partial charge in [-0.3, -0.25) is 9.11 Å². The van der Waals surface area contributed by atoms with Crippen LogP contribution in [0, 0.1) is 0 Å². The number of nitrogen functional groups attached to an aromatic ring is 2. The van der Waals surface area contributed by atoms with E-state index < -0.39 is 47.2 Å². The third-order valence-corrected chi connectivity index (χ3v) is 8.03. The van der Waals surface area contributed by atoms with Gasteiger partial charge in [-0.05, 0) is 64.7 Å². The van der Waals surface area contributed by atoms with Crippen molar-refractivity contribution in [2.75, 3.05) is 11.5 Å². The van der Waals surface area contributed by atoms with E-state index in [0.717, 1.165) is 42.5 Å². The van der Waals surface area contributed by atoms with Crippen LogP contribution in [0.1, 0.15) is 16.7 Å². The molecule has 0 heterocycles. The Bertz CT molecular complexity index is 1690. The summed E-state index contributed by atoms with van der Waals surface area (Å²) < 4.78 is 113. The molecule has 0 spiro atoms. The highest BCUT2D eigenvalue weighted by Gasteiger charge is 2.58. The molecule has 4 aromatic carbocycles. The molecule has 8 nitrogen and oxygen atoms in total. The second-order valence-corrected chi connectivity index (χ2v) is 11.5. The van der Waals surface area contributed by atoms with E-state index in [4.69, 9.17) is 11.5 Å². The molecule has 204 valence electrons. The highest BCUT2D eigenvalue weighted by molar-refractivity contribution is 7.86. The minimum Gasteiger partial charge on any atom is -0.399 e. The molecule has 4 rings (SSSR count). The van der Waals surface area contributed by atoms with Gasteiger partial charge in [0.2, 0.25) is 0 Å². The maximum atomic E-state index is 15.3. The third-order valence-electron chi connectivity index (χ3n) is 6.27. The molecule has 0 aliphatic carbocycles. The van der Waals surface area contributed by atoms with Crippen molar-refractivity contribution in [2.24, 2.45) is 0 Å². The van der Waals surface area contributed by atoms with Crippen molar-refractivity contribution in [1.82, 2.24) is 0 Å². The first-order valence-electron chi connectivity index (χ1n) is 11.0. The predicted molar refractivity (Wildman–Crippen MR) is 139 cm³/mol. The first-order valence-corrected chi connectivity index (χ1v) is 13.9. The summed E-state index contributed by atoms with van der Waals surface area (Å²) in [6, 6.07) is 16.9. The van der Waals surface area contributed by atoms with Gasteiger partial charge >= 0.3 is 6.18 Å². The standard InChI is InChI=1S/C26H21F3N2O6S2/c27-26(28,29)25(17-3-8-20(30)9-4-17,18-5-10-21(31)11-6-18)19-7-14-23(24(15-19)39(35,36)37)16-1-12-22(13-2-16)38(32,33)34/h1-15H,30-31H2,(H,32,33,34)(H,35,36,37). The van der Waals surface area contributed by atoms with Crippen LogP contribution >= 0.6 is 0 Å². The van der Waals surface area contributed by atoms with Gasteiger partial charge in [-0.1, -0.05) is 48.5 Å². The van der Waals surface area contributed by atoms with E-state index in [1.165, 1.54) is 48.5 Å². The third kappa shape index (κ3) is 5.21. The number of alkyl halides is 3. The minimum absolute atomic E-state index is 0.0548. The highest BCUT2D eigenvalue weighted by atomic mass is 32.2. The zero-order valence-corrected chi connectivity index (χ0v) is 21.4. The SMILES string of the molecule is Nc1ccc(C(c2ccc(N)cc2)(c2ccc(-c3ccc(S(=O)(=O)O)cc3)c(S(=O)(=O)O)c2)C(F)(F)F)cc1. The zero-order chi connectivity index (χ0) is 28.8. The average molecular weight is 579 g/mol. The summed E-state index contributed by atoms with van der Waals surface area (Å²) in [4.78, 5) is -1.34. The van der Waals surface area contributed by atoms with Crippen LogP contribution in [0.25, 0.3) is 11.1 Å².